The first-order valence-electron chi connectivity index (χ1n) is 4.64. The minimum Gasteiger partial charge on any atom is -0.456 e. The minimum absolute atomic E-state index is 0.922. The standard InChI is InChI=1S/C13H9O/c1-9-6-7-11-10-4-2-3-5-12(10)14-13(11)8-9/h2-6,8H,1H3. The fourth-order valence-electron chi connectivity index (χ4n) is 1.75. The molecule has 0 saturated carbocycles. The summed E-state index contributed by atoms with van der Waals surface area (Å²) in [5, 5.41) is 2.22. The summed E-state index contributed by atoms with van der Waals surface area (Å²) in [6.07, 6.45) is 0. The van der Waals surface area contributed by atoms with E-state index in [1.165, 1.54) is 5.56 Å². The highest BCUT2D eigenvalue weighted by atomic mass is 16.3. The first-order chi connectivity index (χ1) is 6.84. The van der Waals surface area contributed by atoms with Crippen LogP contribution in [0.4, 0.5) is 0 Å². The van der Waals surface area contributed by atoms with E-state index in [2.05, 4.69) is 12.1 Å². The maximum atomic E-state index is 5.70. The number of aryl methyl sites for hydroxylation is 1. The molecule has 2 aromatic carbocycles. The highest BCUT2D eigenvalue weighted by Gasteiger charge is 2.05. The lowest BCUT2D eigenvalue weighted by Crippen LogP contribution is -1.70. The van der Waals surface area contributed by atoms with E-state index in [0.717, 1.165) is 21.9 Å². The van der Waals surface area contributed by atoms with Gasteiger partial charge in [0.25, 0.3) is 0 Å². The zero-order valence-electron chi connectivity index (χ0n) is 7.87. The van der Waals surface area contributed by atoms with Crippen molar-refractivity contribution in [3.63, 3.8) is 0 Å². The quantitative estimate of drug-likeness (QED) is 0.515. The van der Waals surface area contributed by atoms with Gasteiger partial charge in [0.2, 0.25) is 0 Å². The second kappa shape index (κ2) is 2.61. The van der Waals surface area contributed by atoms with E-state index in [0.29, 0.717) is 0 Å². The molecule has 1 nitrogen and oxygen atoms in total. The van der Waals surface area contributed by atoms with Crippen molar-refractivity contribution in [2.45, 2.75) is 6.92 Å². The molecule has 0 aliphatic carbocycles. The van der Waals surface area contributed by atoms with E-state index < -0.39 is 0 Å². The van der Waals surface area contributed by atoms with Gasteiger partial charge in [-0.25, -0.2) is 0 Å². The molecule has 0 N–H and O–H groups in total. The molecule has 67 valence electrons. The Bertz CT molecular complexity index is 605. The number of fused-ring (bicyclic) bond motifs is 3. The van der Waals surface area contributed by atoms with E-state index in [1.807, 2.05) is 37.3 Å². The lowest BCUT2D eigenvalue weighted by molar-refractivity contribution is 0.668. The van der Waals surface area contributed by atoms with Gasteiger partial charge in [0.05, 0.1) is 0 Å². The van der Waals surface area contributed by atoms with Crippen molar-refractivity contribution >= 4 is 21.9 Å². The molecular weight excluding hydrogens is 172 g/mol. The van der Waals surface area contributed by atoms with E-state index in [9.17, 15) is 0 Å². The SMILES string of the molecule is Cc1c[c]c2c(c1)oc1ccccc12. The Morgan fingerprint density at radius 2 is 2.00 bits per heavy atom. The molecule has 0 bridgehead atoms. The third-order valence-electron chi connectivity index (χ3n) is 2.43. The van der Waals surface area contributed by atoms with Crippen LogP contribution in [-0.4, -0.2) is 0 Å². The first-order valence-corrected chi connectivity index (χ1v) is 4.64. The fourth-order valence-corrected chi connectivity index (χ4v) is 1.75. The van der Waals surface area contributed by atoms with Crippen LogP contribution in [0, 0.1) is 13.0 Å². The lowest BCUT2D eigenvalue weighted by atomic mass is 10.1. The number of hydrogen-bond donors (Lipinski definition) is 0. The monoisotopic (exact) mass is 181 g/mol. The Labute approximate surface area is 82.0 Å². The van der Waals surface area contributed by atoms with Crippen LogP contribution in [-0.2, 0) is 0 Å². The maximum Gasteiger partial charge on any atom is 0.136 e. The van der Waals surface area contributed by atoms with Crippen molar-refractivity contribution in [2.75, 3.05) is 0 Å². The molecule has 0 amide bonds. The summed E-state index contributed by atoms with van der Waals surface area (Å²) < 4.78 is 5.70. The predicted molar refractivity (Wildman–Crippen MR) is 57.3 cm³/mol. The van der Waals surface area contributed by atoms with Crippen LogP contribution in [0.25, 0.3) is 21.9 Å². The fraction of sp³-hybridized carbons (Fsp3) is 0.0769. The van der Waals surface area contributed by atoms with E-state index >= 15 is 0 Å². The lowest BCUT2D eigenvalue weighted by Gasteiger charge is -1.89. The molecule has 3 aromatic rings. The Balaban J connectivity index is 2.57. The van der Waals surface area contributed by atoms with Gasteiger partial charge in [-0.1, -0.05) is 24.3 Å². The van der Waals surface area contributed by atoms with Gasteiger partial charge in [-0.15, -0.1) is 0 Å². The highest BCUT2D eigenvalue weighted by molar-refractivity contribution is 6.04. The van der Waals surface area contributed by atoms with Crippen LogP contribution in [0.2, 0.25) is 0 Å². The summed E-state index contributed by atoms with van der Waals surface area (Å²) >= 11 is 0. The van der Waals surface area contributed by atoms with E-state index in [1.54, 1.807) is 0 Å². The summed E-state index contributed by atoms with van der Waals surface area (Å²) in [7, 11) is 0. The minimum atomic E-state index is 0.922. The van der Waals surface area contributed by atoms with Gasteiger partial charge in [-0.05, 0) is 30.7 Å². The molecule has 1 heteroatoms. The van der Waals surface area contributed by atoms with Crippen LogP contribution in [0.3, 0.4) is 0 Å². The zero-order valence-corrected chi connectivity index (χ0v) is 7.87. The number of benzene rings is 2. The first kappa shape index (κ1) is 7.63. The smallest absolute Gasteiger partial charge is 0.136 e. The van der Waals surface area contributed by atoms with Gasteiger partial charge in [0.1, 0.15) is 11.2 Å². The van der Waals surface area contributed by atoms with Crippen molar-refractivity contribution < 1.29 is 4.42 Å². The molecule has 0 unspecified atom stereocenters. The topological polar surface area (TPSA) is 13.1 Å². The third-order valence-corrected chi connectivity index (χ3v) is 2.43. The molecule has 0 fully saturated rings. The zero-order chi connectivity index (χ0) is 9.54. The molecule has 3 rings (SSSR count). The Hall–Kier alpha value is -1.76. The molecule has 0 saturated heterocycles. The molecule has 1 radical (unpaired) electrons. The van der Waals surface area contributed by atoms with Gasteiger partial charge >= 0.3 is 0 Å². The molecular formula is C13H9O. The average molecular weight is 181 g/mol. The normalized spacial score (nSPS) is 11.2. The van der Waals surface area contributed by atoms with Gasteiger partial charge in [0, 0.05) is 10.8 Å². The number of rotatable bonds is 0. The summed E-state index contributed by atoms with van der Waals surface area (Å²) in [6.45, 7) is 2.04. The van der Waals surface area contributed by atoms with Gasteiger partial charge in [-0.3, -0.25) is 0 Å². The summed E-state index contributed by atoms with van der Waals surface area (Å²) in [4.78, 5) is 0. The van der Waals surface area contributed by atoms with Gasteiger partial charge < -0.3 is 4.42 Å². The van der Waals surface area contributed by atoms with Crippen LogP contribution >= 0.6 is 0 Å². The molecule has 0 spiro atoms. The predicted octanol–water partition coefficient (Wildman–Crippen LogP) is 3.69. The Morgan fingerprint density at radius 1 is 1.14 bits per heavy atom. The molecule has 14 heavy (non-hydrogen) atoms. The Kier molecular flexibility index (Phi) is 1.42. The number of para-hydroxylation sites is 1. The molecule has 1 heterocycles. The molecule has 1 aromatic heterocycles. The molecule has 0 atom stereocenters. The van der Waals surface area contributed by atoms with E-state index in [4.69, 9.17) is 4.42 Å². The van der Waals surface area contributed by atoms with Crippen molar-refractivity contribution in [3.8, 4) is 0 Å². The van der Waals surface area contributed by atoms with Crippen molar-refractivity contribution in [1.29, 1.82) is 0 Å². The summed E-state index contributed by atoms with van der Waals surface area (Å²) in [5.41, 5.74) is 3.03. The van der Waals surface area contributed by atoms with Crippen LogP contribution in [0.5, 0.6) is 0 Å². The number of furan rings is 1. The average Bonchev–Trinajstić information content (AvgIpc) is 2.54. The van der Waals surface area contributed by atoms with Crippen molar-refractivity contribution in [2.24, 2.45) is 0 Å². The van der Waals surface area contributed by atoms with Crippen molar-refractivity contribution in [1.82, 2.24) is 0 Å². The van der Waals surface area contributed by atoms with Gasteiger partial charge in [0.15, 0.2) is 0 Å². The van der Waals surface area contributed by atoms with Gasteiger partial charge in [-0.2, -0.15) is 0 Å². The highest BCUT2D eigenvalue weighted by Crippen LogP contribution is 2.28. The third kappa shape index (κ3) is 0.956. The second-order valence-electron chi connectivity index (χ2n) is 3.51. The van der Waals surface area contributed by atoms with Crippen LogP contribution < -0.4 is 0 Å². The Morgan fingerprint density at radius 3 is 2.93 bits per heavy atom. The molecule has 0 aliphatic heterocycles. The summed E-state index contributed by atoms with van der Waals surface area (Å²) in [6, 6.07) is 15.3. The second-order valence-corrected chi connectivity index (χ2v) is 3.51. The maximum absolute atomic E-state index is 5.70. The van der Waals surface area contributed by atoms with Crippen molar-refractivity contribution in [3.05, 3.63) is 48.0 Å². The summed E-state index contributed by atoms with van der Waals surface area (Å²) in [5.74, 6) is 0. The van der Waals surface area contributed by atoms with E-state index in [-0.39, 0.29) is 0 Å². The van der Waals surface area contributed by atoms with Crippen LogP contribution in [0.1, 0.15) is 5.56 Å². The largest absolute Gasteiger partial charge is 0.456 e. The van der Waals surface area contributed by atoms with Crippen LogP contribution in [0.15, 0.2) is 40.8 Å². The molecule has 0 aliphatic rings. The number of hydrogen-bond acceptors (Lipinski definition) is 1.